The van der Waals surface area contributed by atoms with Gasteiger partial charge in [0.05, 0.1) is 0 Å². The van der Waals surface area contributed by atoms with Crippen molar-refractivity contribution < 1.29 is 4.74 Å². The van der Waals surface area contributed by atoms with E-state index >= 15 is 0 Å². The topological polar surface area (TPSA) is 59.0 Å². The normalized spacial score (nSPS) is 13.7. The fraction of sp³-hybridized carbons (Fsp3) is 0.562. The molecule has 3 heteroatoms. The average Bonchev–Trinajstić information content (AvgIpc) is 2.38. The van der Waals surface area contributed by atoms with E-state index in [0.29, 0.717) is 6.42 Å². The molecule has 0 aliphatic heterocycles. The molecule has 0 saturated carbocycles. The highest BCUT2D eigenvalue weighted by Gasteiger charge is 2.12. The van der Waals surface area contributed by atoms with E-state index < -0.39 is 0 Å². The molecule has 3 nitrogen and oxygen atoms in total. The van der Waals surface area contributed by atoms with Gasteiger partial charge in [0.25, 0.3) is 0 Å². The van der Waals surface area contributed by atoms with Gasteiger partial charge in [-0.05, 0) is 49.8 Å². The monoisotopic (exact) mass is 260 g/mol. The van der Waals surface area contributed by atoms with Crippen LogP contribution in [0.3, 0.4) is 0 Å². The van der Waals surface area contributed by atoms with Gasteiger partial charge in [0.15, 0.2) is 6.10 Å². The van der Waals surface area contributed by atoms with Gasteiger partial charge in [-0.15, -0.1) is 0 Å². The summed E-state index contributed by atoms with van der Waals surface area (Å²) in [6, 6.07) is 6.60. The SMILES string of the molecule is CCC(N)Cc1cc(C)c(OC(C#N)CC)c(C)c1. The Hall–Kier alpha value is -1.53. The Kier molecular flexibility index (Phi) is 5.85. The van der Waals surface area contributed by atoms with Crippen molar-refractivity contribution in [2.45, 2.75) is 59.1 Å². The lowest BCUT2D eigenvalue weighted by Gasteiger charge is -2.17. The number of aryl methyl sites for hydroxylation is 2. The second-order valence-corrected chi connectivity index (χ2v) is 5.08. The molecule has 0 spiro atoms. The Morgan fingerprint density at radius 1 is 1.21 bits per heavy atom. The first kappa shape index (κ1) is 15.5. The predicted octanol–water partition coefficient (Wildman–Crippen LogP) is 3.26. The molecule has 2 unspecified atom stereocenters. The lowest BCUT2D eigenvalue weighted by atomic mass is 9.99. The molecule has 0 fully saturated rings. The maximum absolute atomic E-state index is 8.98. The first-order chi connectivity index (χ1) is 9.01. The van der Waals surface area contributed by atoms with Crippen LogP contribution in [-0.2, 0) is 6.42 Å². The number of hydrogen-bond acceptors (Lipinski definition) is 3. The highest BCUT2D eigenvalue weighted by atomic mass is 16.5. The average molecular weight is 260 g/mol. The molecule has 0 saturated heterocycles. The van der Waals surface area contributed by atoms with Crippen LogP contribution >= 0.6 is 0 Å². The van der Waals surface area contributed by atoms with Crippen molar-refractivity contribution >= 4 is 0 Å². The molecule has 0 aromatic heterocycles. The summed E-state index contributed by atoms with van der Waals surface area (Å²) in [7, 11) is 0. The molecule has 1 aromatic carbocycles. The minimum Gasteiger partial charge on any atom is -0.475 e. The molecule has 0 heterocycles. The summed E-state index contributed by atoms with van der Waals surface area (Å²) >= 11 is 0. The standard InChI is InChI=1S/C16H24N2O/c1-5-14(18)9-13-7-11(3)16(12(4)8-13)19-15(6-2)10-17/h7-8,14-15H,5-6,9,18H2,1-4H3. The van der Waals surface area contributed by atoms with Crippen molar-refractivity contribution in [2.75, 3.05) is 0 Å². The van der Waals surface area contributed by atoms with Crippen LogP contribution in [-0.4, -0.2) is 12.1 Å². The minimum atomic E-state index is -0.374. The minimum absolute atomic E-state index is 0.202. The predicted molar refractivity (Wildman–Crippen MR) is 78.2 cm³/mol. The van der Waals surface area contributed by atoms with Crippen LogP contribution in [0.5, 0.6) is 5.75 Å². The van der Waals surface area contributed by atoms with Gasteiger partial charge in [-0.1, -0.05) is 26.0 Å². The summed E-state index contributed by atoms with van der Waals surface area (Å²) in [6.45, 7) is 8.09. The molecule has 0 radical (unpaired) electrons. The number of nitrogens with two attached hydrogens (primary N) is 1. The van der Waals surface area contributed by atoms with E-state index in [0.717, 1.165) is 29.7 Å². The molecular formula is C16H24N2O. The molecule has 2 atom stereocenters. The number of hydrogen-bond donors (Lipinski definition) is 1. The molecule has 1 aromatic rings. The van der Waals surface area contributed by atoms with Gasteiger partial charge in [0, 0.05) is 6.04 Å². The first-order valence-electron chi connectivity index (χ1n) is 6.93. The van der Waals surface area contributed by atoms with Crippen molar-refractivity contribution in [1.29, 1.82) is 5.26 Å². The maximum Gasteiger partial charge on any atom is 0.184 e. The molecule has 19 heavy (non-hydrogen) atoms. The summed E-state index contributed by atoms with van der Waals surface area (Å²) in [5.41, 5.74) is 9.38. The lowest BCUT2D eigenvalue weighted by Crippen LogP contribution is -2.21. The van der Waals surface area contributed by atoms with Crippen LogP contribution in [0.15, 0.2) is 12.1 Å². The smallest absolute Gasteiger partial charge is 0.184 e. The van der Waals surface area contributed by atoms with Crippen molar-refractivity contribution in [1.82, 2.24) is 0 Å². The highest BCUT2D eigenvalue weighted by molar-refractivity contribution is 5.44. The van der Waals surface area contributed by atoms with E-state index in [4.69, 9.17) is 15.7 Å². The zero-order valence-corrected chi connectivity index (χ0v) is 12.4. The Bertz CT molecular complexity index is 439. The van der Waals surface area contributed by atoms with Gasteiger partial charge in [-0.2, -0.15) is 5.26 Å². The lowest BCUT2D eigenvalue weighted by molar-refractivity contribution is 0.248. The molecule has 2 N–H and O–H groups in total. The Labute approximate surface area is 116 Å². The molecule has 1 rings (SSSR count). The fourth-order valence-corrected chi connectivity index (χ4v) is 2.13. The molecular weight excluding hydrogens is 236 g/mol. The van der Waals surface area contributed by atoms with Gasteiger partial charge < -0.3 is 10.5 Å². The maximum atomic E-state index is 8.98. The Morgan fingerprint density at radius 2 is 1.79 bits per heavy atom. The van der Waals surface area contributed by atoms with E-state index in [1.54, 1.807) is 0 Å². The van der Waals surface area contributed by atoms with Gasteiger partial charge in [-0.25, -0.2) is 0 Å². The third-order valence-electron chi connectivity index (χ3n) is 3.32. The van der Waals surface area contributed by atoms with Crippen LogP contribution in [0.25, 0.3) is 0 Å². The van der Waals surface area contributed by atoms with E-state index in [2.05, 4.69) is 25.1 Å². The largest absolute Gasteiger partial charge is 0.475 e. The third-order valence-corrected chi connectivity index (χ3v) is 3.32. The van der Waals surface area contributed by atoms with Crippen molar-refractivity contribution in [3.63, 3.8) is 0 Å². The number of benzene rings is 1. The van der Waals surface area contributed by atoms with Gasteiger partial charge in [0.1, 0.15) is 11.8 Å². The van der Waals surface area contributed by atoms with Crippen LogP contribution < -0.4 is 10.5 Å². The van der Waals surface area contributed by atoms with Crippen molar-refractivity contribution in [2.24, 2.45) is 5.73 Å². The molecule has 0 aliphatic rings. The summed E-state index contributed by atoms with van der Waals surface area (Å²) in [4.78, 5) is 0. The van der Waals surface area contributed by atoms with Crippen LogP contribution in [0.1, 0.15) is 43.4 Å². The van der Waals surface area contributed by atoms with Gasteiger partial charge in [0.2, 0.25) is 0 Å². The number of ether oxygens (including phenoxy) is 1. The van der Waals surface area contributed by atoms with E-state index in [1.807, 2.05) is 20.8 Å². The zero-order valence-electron chi connectivity index (χ0n) is 12.4. The second kappa shape index (κ2) is 7.16. The summed E-state index contributed by atoms with van der Waals surface area (Å²) in [5, 5.41) is 8.98. The van der Waals surface area contributed by atoms with E-state index in [9.17, 15) is 0 Å². The van der Waals surface area contributed by atoms with Crippen LogP contribution in [0.4, 0.5) is 0 Å². The fourth-order valence-electron chi connectivity index (χ4n) is 2.13. The number of nitriles is 1. The Morgan fingerprint density at radius 3 is 2.21 bits per heavy atom. The summed E-state index contributed by atoms with van der Waals surface area (Å²) < 4.78 is 5.77. The van der Waals surface area contributed by atoms with E-state index in [1.165, 1.54) is 5.56 Å². The Balaban J connectivity index is 2.94. The summed E-state index contributed by atoms with van der Waals surface area (Å²) in [6.07, 6.45) is 2.18. The second-order valence-electron chi connectivity index (χ2n) is 5.08. The van der Waals surface area contributed by atoms with Crippen molar-refractivity contribution in [3.05, 3.63) is 28.8 Å². The van der Waals surface area contributed by atoms with Crippen LogP contribution in [0, 0.1) is 25.2 Å². The summed E-state index contributed by atoms with van der Waals surface area (Å²) in [5.74, 6) is 0.835. The first-order valence-corrected chi connectivity index (χ1v) is 6.93. The molecule has 104 valence electrons. The zero-order chi connectivity index (χ0) is 14.4. The van der Waals surface area contributed by atoms with Gasteiger partial charge in [-0.3, -0.25) is 0 Å². The number of rotatable bonds is 6. The molecule has 0 amide bonds. The third kappa shape index (κ3) is 4.25. The van der Waals surface area contributed by atoms with Crippen molar-refractivity contribution in [3.8, 4) is 11.8 Å². The van der Waals surface area contributed by atoms with E-state index in [-0.39, 0.29) is 12.1 Å². The molecule has 0 aliphatic carbocycles. The molecule has 0 bridgehead atoms. The van der Waals surface area contributed by atoms with Gasteiger partial charge >= 0.3 is 0 Å². The number of nitrogens with zero attached hydrogens (tertiary/aromatic N) is 1. The van der Waals surface area contributed by atoms with Crippen LogP contribution in [0.2, 0.25) is 0 Å². The quantitative estimate of drug-likeness (QED) is 0.854. The highest BCUT2D eigenvalue weighted by Crippen LogP contribution is 2.27.